The number of hydrogen-bond donors (Lipinski definition) is 2. The third kappa shape index (κ3) is 3.37. The SMILES string of the molecule is N#C/C(=C1/C=CC(Br)=CN1)c1ccnc(NC2CCCC2)n1. The molecule has 22 heavy (non-hydrogen) atoms. The van der Waals surface area contributed by atoms with Gasteiger partial charge in [0.05, 0.1) is 11.4 Å². The molecule has 2 N–H and O–H groups in total. The second-order valence-corrected chi connectivity index (χ2v) is 6.21. The molecule has 0 aromatic carbocycles. The fourth-order valence-corrected chi connectivity index (χ4v) is 2.88. The summed E-state index contributed by atoms with van der Waals surface area (Å²) in [6, 6.07) is 4.43. The number of allylic oxidation sites excluding steroid dienone is 4. The maximum Gasteiger partial charge on any atom is 0.223 e. The Kier molecular flexibility index (Phi) is 4.54. The fourth-order valence-electron chi connectivity index (χ4n) is 2.64. The number of hydrogen-bond acceptors (Lipinski definition) is 5. The molecule has 112 valence electrons. The molecule has 1 aromatic rings. The van der Waals surface area contributed by atoms with Gasteiger partial charge in [-0.15, -0.1) is 0 Å². The third-order valence-corrected chi connectivity index (χ3v) is 4.25. The van der Waals surface area contributed by atoms with Crippen LogP contribution in [0, 0.1) is 11.3 Å². The molecular weight excluding hydrogens is 342 g/mol. The molecule has 5 nitrogen and oxygen atoms in total. The molecule has 1 saturated carbocycles. The molecule has 0 bridgehead atoms. The highest BCUT2D eigenvalue weighted by Gasteiger charge is 2.17. The van der Waals surface area contributed by atoms with E-state index in [4.69, 9.17) is 0 Å². The second kappa shape index (κ2) is 6.75. The smallest absolute Gasteiger partial charge is 0.223 e. The van der Waals surface area contributed by atoms with Gasteiger partial charge in [-0.2, -0.15) is 5.26 Å². The summed E-state index contributed by atoms with van der Waals surface area (Å²) in [5.41, 5.74) is 1.86. The zero-order valence-corrected chi connectivity index (χ0v) is 13.6. The third-order valence-electron chi connectivity index (χ3n) is 3.76. The van der Waals surface area contributed by atoms with E-state index in [1.807, 2.05) is 12.2 Å². The summed E-state index contributed by atoms with van der Waals surface area (Å²) in [6.07, 6.45) is 12.0. The first kappa shape index (κ1) is 14.8. The van der Waals surface area contributed by atoms with Crippen molar-refractivity contribution < 1.29 is 0 Å². The quantitative estimate of drug-likeness (QED) is 0.810. The highest BCUT2D eigenvalue weighted by atomic mass is 79.9. The van der Waals surface area contributed by atoms with Gasteiger partial charge in [-0.1, -0.05) is 12.8 Å². The van der Waals surface area contributed by atoms with Crippen molar-refractivity contribution in [1.29, 1.82) is 5.26 Å². The number of nitrogens with one attached hydrogen (secondary N) is 2. The van der Waals surface area contributed by atoms with Crippen LogP contribution in [0.4, 0.5) is 5.95 Å². The molecule has 0 spiro atoms. The van der Waals surface area contributed by atoms with Crippen LogP contribution in [0.2, 0.25) is 0 Å². The number of aromatic nitrogens is 2. The lowest BCUT2D eigenvalue weighted by molar-refractivity contribution is 0.743. The first-order valence-corrected chi connectivity index (χ1v) is 8.10. The van der Waals surface area contributed by atoms with Gasteiger partial charge in [0, 0.05) is 22.9 Å². The summed E-state index contributed by atoms with van der Waals surface area (Å²) in [6.45, 7) is 0. The van der Waals surface area contributed by atoms with Crippen LogP contribution in [0.1, 0.15) is 31.4 Å². The van der Waals surface area contributed by atoms with Crippen molar-refractivity contribution in [2.24, 2.45) is 0 Å². The Balaban J connectivity index is 1.85. The monoisotopic (exact) mass is 357 g/mol. The lowest BCUT2D eigenvalue weighted by Crippen LogP contribution is -2.17. The van der Waals surface area contributed by atoms with Crippen LogP contribution < -0.4 is 10.6 Å². The van der Waals surface area contributed by atoms with E-state index in [2.05, 4.69) is 42.6 Å². The summed E-state index contributed by atoms with van der Waals surface area (Å²) in [4.78, 5) is 8.76. The Labute approximate surface area is 138 Å². The molecule has 1 fully saturated rings. The van der Waals surface area contributed by atoms with Crippen LogP contribution in [-0.4, -0.2) is 16.0 Å². The molecular formula is C16H16BrN5. The molecule has 0 radical (unpaired) electrons. The number of nitrogens with zero attached hydrogens (tertiary/aromatic N) is 3. The van der Waals surface area contributed by atoms with E-state index < -0.39 is 0 Å². The first-order valence-electron chi connectivity index (χ1n) is 7.31. The highest BCUT2D eigenvalue weighted by molar-refractivity contribution is 9.11. The van der Waals surface area contributed by atoms with Crippen LogP contribution in [0.15, 0.2) is 40.8 Å². The van der Waals surface area contributed by atoms with E-state index in [0.717, 1.165) is 23.0 Å². The minimum Gasteiger partial charge on any atom is -0.359 e. The average Bonchev–Trinajstić information content (AvgIpc) is 3.03. The van der Waals surface area contributed by atoms with Gasteiger partial charge >= 0.3 is 0 Å². The van der Waals surface area contributed by atoms with Crippen molar-refractivity contribution in [3.63, 3.8) is 0 Å². The maximum absolute atomic E-state index is 9.48. The molecule has 1 aliphatic heterocycles. The van der Waals surface area contributed by atoms with Crippen LogP contribution in [0.3, 0.4) is 0 Å². The van der Waals surface area contributed by atoms with Gasteiger partial charge in [0.25, 0.3) is 0 Å². The molecule has 3 rings (SSSR count). The van der Waals surface area contributed by atoms with E-state index in [-0.39, 0.29) is 0 Å². The van der Waals surface area contributed by atoms with Crippen molar-refractivity contribution in [2.75, 3.05) is 5.32 Å². The molecule has 0 unspecified atom stereocenters. The first-order chi connectivity index (χ1) is 10.8. The molecule has 1 aliphatic carbocycles. The van der Waals surface area contributed by atoms with Crippen molar-refractivity contribution in [3.8, 4) is 6.07 Å². The van der Waals surface area contributed by atoms with Crippen molar-refractivity contribution in [1.82, 2.24) is 15.3 Å². The summed E-state index contributed by atoms with van der Waals surface area (Å²) in [5, 5.41) is 15.9. The number of dihydropyridines is 1. The molecule has 2 aliphatic rings. The second-order valence-electron chi connectivity index (χ2n) is 5.30. The van der Waals surface area contributed by atoms with Crippen molar-refractivity contribution in [3.05, 3.63) is 46.5 Å². The van der Waals surface area contributed by atoms with E-state index in [9.17, 15) is 5.26 Å². The Morgan fingerprint density at radius 2 is 2.18 bits per heavy atom. The van der Waals surface area contributed by atoms with Gasteiger partial charge in [0.15, 0.2) is 0 Å². The van der Waals surface area contributed by atoms with Gasteiger partial charge in [0.2, 0.25) is 5.95 Å². The predicted octanol–water partition coefficient (Wildman–Crippen LogP) is 3.46. The lowest BCUT2D eigenvalue weighted by Gasteiger charge is -2.13. The summed E-state index contributed by atoms with van der Waals surface area (Å²) in [7, 11) is 0. The number of halogens is 1. The Morgan fingerprint density at radius 3 is 2.86 bits per heavy atom. The minimum absolute atomic E-state index is 0.444. The van der Waals surface area contributed by atoms with Crippen LogP contribution in [0.25, 0.3) is 5.57 Å². The van der Waals surface area contributed by atoms with Gasteiger partial charge in [-0.25, -0.2) is 9.97 Å². The van der Waals surface area contributed by atoms with Crippen LogP contribution >= 0.6 is 15.9 Å². The number of nitriles is 1. The normalized spacial score (nSPS) is 20.1. The zero-order valence-electron chi connectivity index (χ0n) is 12.0. The molecule has 0 saturated heterocycles. The molecule has 1 aromatic heterocycles. The van der Waals surface area contributed by atoms with E-state index in [1.165, 1.54) is 12.8 Å². The summed E-state index contributed by atoms with van der Waals surface area (Å²) < 4.78 is 0.930. The van der Waals surface area contributed by atoms with Gasteiger partial charge in [-0.05, 0) is 47.0 Å². The van der Waals surface area contributed by atoms with Gasteiger partial charge in [-0.3, -0.25) is 0 Å². The van der Waals surface area contributed by atoms with Crippen molar-refractivity contribution >= 4 is 27.5 Å². The molecule has 0 amide bonds. The average molecular weight is 358 g/mol. The molecule has 0 atom stereocenters. The fraction of sp³-hybridized carbons (Fsp3) is 0.312. The number of anilines is 1. The predicted molar refractivity (Wildman–Crippen MR) is 89.7 cm³/mol. The van der Waals surface area contributed by atoms with Gasteiger partial charge in [0.1, 0.15) is 11.6 Å². The molecule has 2 heterocycles. The number of rotatable bonds is 3. The lowest BCUT2D eigenvalue weighted by atomic mass is 10.1. The summed E-state index contributed by atoms with van der Waals surface area (Å²) in [5.74, 6) is 0.592. The summed E-state index contributed by atoms with van der Waals surface area (Å²) >= 11 is 3.37. The topological polar surface area (TPSA) is 73.6 Å². The van der Waals surface area contributed by atoms with E-state index >= 15 is 0 Å². The van der Waals surface area contributed by atoms with Crippen LogP contribution in [0.5, 0.6) is 0 Å². The van der Waals surface area contributed by atoms with E-state index in [0.29, 0.717) is 23.3 Å². The minimum atomic E-state index is 0.444. The standard InChI is InChI=1S/C16H16BrN5/c17-11-5-6-14(20-10-11)13(9-18)15-7-8-19-16(22-15)21-12-3-1-2-4-12/h5-8,10,12,20H,1-4H2,(H,19,21,22)/b14-13+. The maximum atomic E-state index is 9.48. The largest absolute Gasteiger partial charge is 0.359 e. The zero-order chi connectivity index (χ0) is 15.4. The Morgan fingerprint density at radius 1 is 1.36 bits per heavy atom. The van der Waals surface area contributed by atoms with E-state index in [1.54, 1.807) is 18.5 Å². The Bertz CT molecular complexity index is 693. The highest BCUT2D eigenvalue weighted by Crippen LogP contribution is 2.23. The van der Waals surface area contributed by atoms with Crippen LogP contribution in [-0.2, 0) is 0 Å². The Hall–Kier alpha value is -2.13. The molecule has 6 heteroatoms. The van der Waals surface area contributed by atoms with Gasteiger partial charge < -0.3 is 10.6 Å². The van der Waals surface area contributed by atoms with Crippen molar-refractivity contribution in [2.45, 2.75) is 31.7 Å².